The van der Waals surface area contributed by atoms with Crippen molar-refractivity contribution in [3.05, 3.63) is 41.2 Å². The third-order valence-corrected chi connectivity index (χ3v) is 1.33. The van der Waals surface area contributed by atoms with E-state index in [1.165, 1.54) is 0 Å². The highest BCUT2D eigenvalue weighted by Gasteiger charge is 1.82. The number of hydrogen-bond acceptors (Lipinski definition) is 0. The molecule has 0 saturated heterocycles. The van der Waals surface area contributed by atoms with E-state index in [0.717, 1.165) is 10.0 Å². The minimum atomic E-state index is 0.924. The minimum Gasteiger partial charge on any atom is -0.0573 e. The Morgan fingerprint density at radius 2 is 2.25 bits per heavy atom. The van der Waals surface area contributed by atoms with Gasteiger partial charge in [-0.05, 0) is 30.7 Å². The largest absolute Gasteiger partial charge is 0.0573 e. The molecule has 8 heavy (non-hydrogen) atoms. The SMILES string of the molecule is [CH2]c1[c]cc(Br)cc1. The molecule has 0 saturated carbocycles. The standard InChI is InChI=1S/C7H5Br/c1-6-2-4-7(8)5-3-6/h2,4-5H,1H2. The summed E-state index contributed by atoms with van der Waals surface area (Å²) < 4.78 is 1.05. The van der Waals surface area contributed by atoms with Gasteiger partial charge >= 0.3 is 0 Å². The van der Waals surface area contributed by atoms with Crippen molar-refractivity contribution in [2.24, 2.45) is 0 Å². The zero-order valence-corrected chi connectivity index (χ0v) is 5.90. The van der Waals surface area contributed by atoms with Gasteiger partial charge in [0.05, 0.1) is 0 Å². The van der Waals surface area contributed by atoms with Crippen LogP contribution in [0.4, 0.5) is 0 Å². The number of halogens is 1. The third-order valence-electron chi connectivity index (χ3n) is 0.839. The predicted octanol–water partition coefficient (Wildman–Crippen LogP) is 2.43. The van der Waals surface area contributed by atoms with Gasteiger partial charge in [0.2, 0.25) is 0 Å². The maximum absolute atomic E-state index is 3.69. The van der Waals surface area contributed by atoms with Crippen LogP contribution >= 0.6 is 15.9 Å². The first-order valence-corrected chi connectivity index (χ1v) is 3.07. The van der Waals surface area contributed by atoms with Crippen LogP contribution in [0.1, 0.15) is 5.56 Å². The molecule has 0 heterocycles. The average molecular weight is 169 g/mol. The average Bonchev–Trinajstić information content (AvgIpc) is 1.77. The maximum Gasteiger partial charge on any atom is 0.0181 e. The number of benzene rings is 1. The summed E-state index contributed by atoms with van der Waals surface area (Å²) in [5.74, 6) is 0. The Morgan fingerprint density at radius 3 is 2.62 bits per heavy atom. The third kappa shape index (κ3) is 1.34. The van der Waals surface area contributed by atoms with Gasteiger partial charge in [-0.25, -0.2) is 0 Å². The highest BCUT2D eigenvalue weighted by atomic mass is 79.9. The molecule has 0 aliphatic carbocycles. The molecular formula is C7H5Br. The van der Waals surface area contributed by atoms with E-state index < -0.39 is 0 Å². The predicted molar refractivity (Wildman–Crippen MR) is 37.4 cm³/mol. The van der Waals surface area contributed by atoms with Crippen molar-refractivity contribution >= 4 is 15.9 Å². The lowest BCUT2D eigenvalue weighted by molar-refractivity contribution is 1.56. The van der Waals surface area contributed by atoms with Crippen molar-refractivity contribution in [3.8, 4) is 0 Å². The van der Waals surface area contributed by atoms with Gasteiger partial charge in [0, 0.05) is 4.47 Å². The van der Waals surface area contributed by atoms with Crippen LogP contribution < -0.4 is 0 Å². The summed E-state index contributed by atoms with van der Waals surface area (Å²) in [4.78, 5) is 0. The Kier molecular flexibility index (Phi) is 1.69. The van der Waals surface area contributed by atoms with Gasteiger partial charge in [0.1, 0.15) is 0 Å². The Hall–Kier alpha value is -0.300. The van der Waals surface area contributed by atoms with Gasteiger partial charge in [-0.2, -0.15) is 0 Å². The summed E-state index contributed by atoms with van der Waals surface area (Å²) in [5, 5.41) is 0. The fourth-order valence-corrected chi connectivity index (χ4v) is 0.685. The van der Waals surface area contributed by atoms with Crippen molar-refractivity contribution in [2.45, 2.75) is 0 Å². The quantitative estimate of drug-likeness (QED) is 0.559. The molecule has 0 spiro atoms. The van der Waals surface area contributed by atoms with Crippen LogP contribution in [-0.2, 0) is 0 Å². The highest BCUT2D eigenvalue weighted by molar-refractivity contribution is 9.10. The second-order valence-electron chi connectivity index (χ2n) is 1.53. The van der Waals surface area contributed by atoms with E-state index in [2.05, 4.69) is 28.9 Å². The fourth-order valence-electron chi connectivity index (χ4n) is 0.438. The molecule has 1 aromatic rings. The van der Waals surface area contributed by atoms with Gasteiger partial charge < -0.3 is 0 Å². The lowest BCUT2D eigenvalue weighted by Gasteiger charge is -1.87. The zero-order valence-electron chi connectivity index (χ0n) is 4.32. The number of rotatable bonds is 0. The van der Waals surface area contributed by atoms with Crippen LogP contribution in [-0.4, -0.2) is 0 Å². The van der Waals surface area contributed by atoms with E-state index in [9.17, 15) is 0 Å². The first-order chi connectivity index (χ1) is 3.79. The van der Waals surface area contributed by atoms with Gasteiger partial charge in [-0.3, -0.25) is 0 Å². The molecule has 1 aromatic carbocycles. The van der Waals surface area contributed by atoms with Crippen molar-refractivity contribution in [3.63, 3.8) is 0 Å². The molecule has 40 valence electrons. The molecule has 1 rings (SSSR count). The van der Waals surface area contributed by atoms with Crippen molar-refractivity contribution < 1.29 is 0 Å². The number of hydrogen-bond donors (Lipinski definition) is 0. The Balaban J connectivity index is 3.03. The summed E-state index contributed by atoms with van der Waals surface area (Å²) in [5.41, 5.74) is 0.924. The van der Waals surface area contributed by atoms with Crippen LogP contribution in [0.5, 0.6) is 0 Å². The van der Waals surface area contributed by atoms with Gasteiger partial charge in [0.25, 0.3) is 0 Å². The van der Waals surface area contributed by atoms with E-state index in [0.29, 0.717) is 0 Å². The van der Waals surface area contributed by atoms with Crippen LogP contribution in [0.2, 0.25) is 0 Å². The monoisotopic (exact) mass is 168 g/mol. The smallest absolute Gasteiger partial charge is 0.0181 e. The van der Waals surface area contributed by atoms with Crippen molar-refractivity contribution in [2.75, 3.05) is 0 Å². The molecule has 1 heteroatoms. The van der Waals surface area contributed by atoms with E-state index >= 15 is 0 Å². The molecule has 0 aliphatic heterocycles. The molecule has 2 radical (unpaired) electrons. The summed E-state index contributed by atoms with van der Waals surface area (Å²) in [6, 6.07) is 8.64. The van der Waals surface area contributed by atoms with Gasteiger partial charge in [0.15, 0.2) is 0 Å². The van der Waals surface area contributed by atoms with Gasteiger partial charge in [-0.15, -0.1) is 0 Å². The van der Waals surface area contributed by atoms with E-state index in [1.54, 1.807) is 0 Å². The molecule has 0 aromatic heterocycles. The molecule has 0 unspecified atom stereocenters. The first-order valence-electron chi connectivity index (χ1n) is 2.28. The lowest BCUT2D eigenvalue weighted by atomic mass is 10.2. The summed E-state index contributed by atoms with van der Waals surface area (Å²) in [6.07, 6.45) is 0. The topological polar surface area (TPSA) is 0 Å². The van der Waals surface area contributed by atoms with Crippen molar-refractivity contribution in [1.82, 2.24) is 0 Å². The molecular weight excluding hydrogens is 164 g/mol. The summed E-state index contributed by atoms with van der Waals surface area (Å²) in [7, 11) is 0. The fraction of sp³-hybridized carbons (Fsp3) is 0. The minimum absolute atomic E-state index is 0.924. The molecule has 0 nitrogen and oxygen atoms in total. The molecule has 0 atom stereocenters. The summed E-state index contributed by atoms with van der Waals surface area (Å²) in [6.45, 7) is 3.69. The molecule has 0 bridgehead atoms. The van der Waals surface area contributed by atoms with Crippen LogP contribution in [0, 0.1) is 13.0 Å². The summed E-state index contributed by atoms with van der Waals surface area (Å²) >= 11 is 3.29. The second-order valence-corrected chi connectivity index (χ2v) is 2.45. The van der Waals surface area contributed by atoms with Crippen LogP contribution in [0.15, 0.2) is 22.7 Å². The molecule has 0 aliphatic rings. The van der Waals surface area contributed by atoms with E-state index in [1.807, 2.05) is 18.2 Å². The second kappa shape index (κ2) is 2.31. The molecule has 0 amide bonds. The zero-order chi connectivity index (χ0) is 5.98. The first kappa shape index (κ1) is 5.83. The lowest BCUT2D eigenvalue weighted by Crippen LogP contribution is -1.67. The van der Waals surface area contributed by atoms with Crippen LogP contribution in [0.3, 0.4) is 0 Å². The molecule has 0 fully saturated rings. The maximum atomic E-state index is 3.69. The van der Waals surface area contributed by atoms with Gasteiger partial charge in [-0.1, -0.05) is 22.0 Å². The van der Waals surface area contributed by atoms with E-state index in [-0.39, 0.29) is 0 Å². The van der Waals surface area contributed by atoms with E-state index in [4.69, 9.17) is 0 Å². The Bertz CT molecular complexity index is 143. The molecule has 0 N–H and O–H groups in total. The highest BCUT2D eigenvalue weighted by Crippen LogP contribution is 2.08. The van der Waals surface area contributed by atoms with Crippen molar-refractivity contribution in [1.29, 1.82) is 0 Å². The Labute approximate surface area is 57.7 Å². The Morgan fingerprint density at radius 1 is 1.50 bits per heavy atom. The van der Waals surface area contributed by atoms with Crippen LogP contribution in [0.25, 0.3) is 0 Å². The normalized spacial score (nSPS) is 9.25.